The number of hydrogen-bond acceptors (Lipinski definition) is 2. The van der Waals surface area contributed by atoms with Gasteiger partial charge < -0.3 is 4.79 Å². The van der Waals surface area contributed by atoms with Crippen LogP contribution >= 0.6 is 0 Å². The van der Waals surface area contributed by atoms with Crippen LogP contribution in [0, 0.1) is 5.95 Å². The Hall–Kier alpha value is -1.25. The number of carbonyl (C=O) groups excluding carboxylic acids is 1. The van der Waals surface area contributed by atoms with Crippen LogP contribution in [0.3, 0.4) is 0 Å². The van der Waals surface area contributed by atoms with E-state index in [1.54, 1.807) is 6.07 Å². The molecule has 2 nitrogen and oxygen atoms in total. The second kappa shape index (κ2) is 6.46. The maximum absolute atomic E-state index is 12.4. The molecule has 0 N–H and O–H groups in total. The van der Waals surface area contributed by atoms with Gasteiger partial charge in [0, 0.05) is 5.69 Å². The molecule has 0 saturated carbocycles. The summed E-state index contributed by atoms with van der Waals surface area (Å²) < 4.78 is 12.4. The predicted octanol–water partition coefficient (Wildman–Crippen LogP) is 1.99. The van der Waals surface area contributed by atoms with E-state index in [1.165, 1.54) is 6.07 Å². The topological polar surface area (TPSA) is 30.0 Å². The van der Waals surface area contributed by atoms with Crippen LogP contribution in [0.15, 0.2) is 18.2 Å². The second-order valence-corrected chi connectivity index (χ2v) is 2.20. The van der Waals surface area contributed by atoms with Crippen molar-refractivity contribution in [3.05, 3.63) is 29.8 Å². The number of carbonyl (C=O) groups is 1. The first kappa shape index (κ1) is 10.8. The molecule has 0 atom stereocenters. The van der Waals surface area contributed by atoms with Gasteiger partial charge in [-0.25, -0.2) is 4.98 Å². The third-order valence-electron chi connectivity index (χ3n) is 1.28. The second-order valence-electron chi connectivity index (χ2n) is 2.20. The summed E-state index contributed by atoms with van der Waals surface area (Å²) in [5.41, 5.74) is 0.836. The fourth-order valence-corrected chi connectivity index (χ4v) is 0.846. The summed E-state index contributed by atoms with van der Waals surface area (Å²) >= 11 is 0. The Balaban J connectivity index is 0.000000561. The zero-order valence-corrected chi connectivity index (χ0v) is 7.09. The minimum absolute atomic E-state index is 0.383. The molecule has 0 aliphatic carbocycles. The highest BCUT2D eigenvalue weighted by Crippen LogP contribution is 1.99. The summed E-state index contributed by atoms with van der Waals surface area (Å²) in [4.78, 5) is 11.7. The van der Waals surface area contributed by atoms with E-state index in [4.69, 9.17) is 4.79 Å². The lowest BCUT2D eigenvalue weighted by atomic mass is 10.2. The summed E-state index contributed by atoms with van der Waals surface area (Å²) in [7, 11) is 0. The molecule has 0 radical (unpaired) electrons. The molecule has 1 rings (SSSR count). The molecule has 1 aromatic heterocycles. The first-order valence-electron chi connectivity index (χ1n) is 3.73. The van der Waals surface area contributed by atoms with Crippen molar-refractivity contribution < 1.29 is 9.18 Å². The number of nitrogens with zero attached hydrogens (tertiary/aromatic N) is 1. The lowest BCUT2D eigenvalue weighted by molar-refractivity contribution is -0.0979. The summed E-state index contributed by atoms with van der Waals surface area (Å²) in [6.45, 7) is 4.05. The van der Waals surface area contributed by atoms with Crippen LogP contribution in [-0.4, -0.2) is 11.8 Å². The number of rotatable bonds is 2. The van der Waals surface area contributed by atoms with Crippen molar-refractivity contribution in [2.24, 2.45) is 0 Å². The molecule has 0 fully saturated rings. The number of pyridine rings is 1. The number of aryl methyl sites for hydroxylation is 1. The van der Waals surface area contributed by atoms with Gasteiger partial charge in [-0.1, -0.05) is 19.4 Å². The van der Waals surface area contributed by atoms with Crippen LogP contribution in [0.1, 0.15) is 19.0 Å². The van der Waals surface area contributed by atoms with E-state index in [0.717, 1.165) is 18.5 Å². The van der Waals surface area contributed by atoms with E-state index in [1.807, 2.05) is 19.8 Å². The normalized spacial score (nSPS) is 8.50. The standard InChI is InChI=1S/C8H10FN.CH2O/c1-2-4-7-5-3-6-8(9)10-7;1-2/h3,5-6H,2,4H2,1H3;1H2. The Labute approximate surface area is 71.4 Å². The van der Waals surface area contributed by atoms with Crippen molar-refractivity contribution in [1.29, 1.82) is 0 Å². The minimum Gasteiger partial charge on any atom is -0.307 e. The lowest BCUT2D eigenvalue weighted by Crippen LogP contribution is -1.90. The first-order valence-corrected chi connectivity index (χ1v) is 3.73. The fraction of sp³-hybridized carbons (Fsp3) is 0.333. The quantitative estimate of drug-likeness (QED) is 0.634. The summed E-state index contributed by atoms with van der Waals surface area (Å²) in [5, 5.41) is 0. The van der Waals surface area contributed by atoms with Gasteiger partial charge in [0.05, 0.1) is 0 Å². The SMILES string of the molecule is C=O.CCCc1cccc(F)n1. The third kappa shape index (κ3) is 3.81. The first-order chi connectivity index (χ1) is 5.83. The summed E-state index contributed by atoms with van der Waals surface area (Å²) in [5.74, 6) is -0.383. The predicted molar refractivity (Wildman–Crippen MR) is 45.3 cm³/mol. The molecular weight excluding hydrogens is 157 g/mol. The average Bonchev–Trinajstić information content (AvgIpc) is 2.09. The lowest BCUT2D eigenvalue weighted by Gasteiger charge is -1.94. The Morgan fingerprint density at radius 2 is 2.17 bits per heavy atom. The molecule has 0 aliphatic heterocycles. The highest BCUT2D eigenvalue weighted by Gasteiger charge is 1.93. The Bertz CT molecular complexity index is 228. The molecular formula is C9H12FNO. The van der Waals surface area contributed by atoms with Crippen molar-refractivity contribution in [2.45, 2.75) is 19.8 Å². The van der Waals surface area contributed by atoms with Crippen molar-refractivity contribution in [3.8, 4) is 0 Å². The molecule has 12 heavy (non-hydrogen) atoms. The van der Waals surface area contributed by atoms with E-state index in [-0.39, 0.29) is 5.95 Å². The third-order valence-corrected chi connectivity index (χ3v) is 1.28. The van der Waals surface area contributed by atoms with Gasteiger partial charge in [-0.3, -0.25) is 0 Å². The van der Waals surface area contributed by atoms with E-state index in [0.29, 0.717) is 0 Å². The van der Waals surface area contributed by atoms with Crippen molar-refractivity contribution in [2.75, 3.05) is 0 Å². The average molecular weight is 169 g/mol. The van der Waals surface area contributed by atoms with Gasteiger partial charge in [0.25, 0.3) is 0 Å². The van der Waals surface area contributed by atoms with E-state index in [9.17, 15) is 4.39 Å². The molecule has 0 unspecified atom stereocenters. The molecule has 0 aliphatic rings. The molecule has 0 aromatic carbocycles. The van der Waals surface area contributed by atoms with Crippen molar-refractivity contribution in [3.63, 3.8) is 0 Å². The fourth-order valence-electron chi connectivity index (χ4n) is 0.846. The Kier molecular flexibility index (Phi) is 5.79. The number of aromatic nitrogens is 1. The smallest absolute Gasteiger partial charge is 0.213 e. The van der Waals surface area contributed by atoms with Gasteiger partial charge in [-0.05, 0) is 18.6 Å². The number of hydrogen-bond donors (Lipinski definition) is 0. The molecule has 1 heterocycles. The maximum atomic E-state index is 12.4. The van der Waals surface area contributed by atoms with E-state index < -0.39 is 0 Å². The van der Waals surface area contributed by atoms with Gasteiger partial charge in [-0.2, -0.15) is 4.39 Å². The Morgan fingerprint density at radius 1 is 1.50 bits per heavy atom. The van der Waals surface area contributed by atoms with Crippen LogP contribution in [0.25, 0.3) is 0 Å². The van der Waals surface area contributed by atoms with Gasteiger partial charge in [0.1, 0.15) is 6.79 Å². The molecule has 3 heteroatoms. The van der Waals surface area contributed by atoms with Crippen molar-refractivity contribution in [1.82, 2.24) is 4.98 Å². The molecule has 66 valence electrons. The van der Waals surface area contributed by atoms with E-state index >= 15 is 0 Å². The minimum atomic E-state index is -0.383. The van der Waals surface area contributed by atoms with Crippen LogP contribution in [-0.2, 0) is 11.2 Å². The summed E-state index contributed by atoms with van der Waals surface area (Å²) in [6, 6.07) is 4.89. The summed E-state index contributed by atoms with van der Waals surface area (Å²) in [6.07, 6.45) is 1.87. The van der Waals surface area contributed by atoms with Gasteiger partial charge in [0.2, 0.25) is 5.95 Å². The van der Waals surface area contributed by atoms with Crippen LogP contribution in [0.2, 0.25) is 0 Å². The molecule has 1 aromatic rings. The van der Waals surface area contributed by atoms with Gasteiger partial charge in [-0.15, -0.1) is 0 Å². The van der Waals surface area contributed by atoms with Gasteiger partial charge >= 0.3 is 0 Å². The zero-order valence-electron chi connectivity index (χ0n) is 7.09. The van der Waals surface area contributed by atoms with Crippen LogP contribution in [0.4, 0.5) is 4.39 Å². The highest BCUT2D eigenvalue weighted by atomic mass is 19.1. The maximum Gasteiger partial charge on any atom is 0.213 e. The number of halogens is 1. The molecule has 0 spiro atoms. The molecule has 0 saturated heterocycles. The van der Waals surface area contributed by atoms with Crippen LogP contribution < -0.4 is 0 Å². The molecule has 0 amide bonds. The van der Waals surface area contributed by atoms with Gasteiger partial charge in [0.15, 0.2) is 0 Å². The van der Waals surface area contributed by atoms with E-state index in [2.05, 4.69) is 4.98 Å². The highest BCUT2D eigenvalue weighted by molar-refractivity contribution is 5.11. The molecule has 0 bridgehead atoms. The van der Waals surface area contributed by atoms with Crippen LogP contribution in [0.5, 0.6) is 0 Å². The largest absolute Gasteiger partial charge is 0.307 e. The monoisotopic (exact) mass is 169 g/mol. The van der Waals surface area contributed by atoms with Crippen molar-refractivity contribution >= 4 is 6.79 Å². The zero-order chi connectivity index (χ0) is 9.40. The Morgan fingerprint density at radius 3 is 2.67 bits per heavy atom.